The normalized spacial score (nSPS) is 11.6. The number of aryl methyl sites for hydroxylation is 1. The van der Waals surface area contributed by atoms with Gasteiger partial charge in [-0.05, 0) is 30.0 Å². The minimum Gasteiger partial charge on any atom is -0.355 e. The van der Waals surface area contributed by atoms with Gasteiger partial charge in [-0.2, -0.15) is 18.3 Å². The summed E-state index contributed by atoms with van der Waals surface area (Å²) in [4.78, 5) is 13.2. The first-order chi connectivity index (χ1) is 14.3. The molecule has 1 amide bonds. The predicted molar refractivity (Wildman–Crippen MR) is 105 cm³/mol. The maximum atomic E-state index is 13.3. The number of anilines is 1. The third kappa shape index (κ3) is 4.28. The van der Waals surface area contributed by atoms with Crippen molar-refractivity contribution in [3.8, 4) is 10.6 Å². The molecule has 1 N–H and O–H groups in total. The van der Waals surface area contributed by atoms with Gasteiger partial charge in [-0.1, -0.05) is 28.9 Å². The lowest BCUT2D eigenvalue weighted by Crippen LogP contribution is -2.13. The van der Waals surface area contributed by atoms with Crippen LogP contribution in [0.1, 0.15) is 27.2 Å². The first-order valence-electron chi connectivity index (χ1n) is 8.81. The largest absolute Gasteiger partial charge is 0.416 e. The Morgan fingerprint density at radius 3 is 2.83 bits per heavy atom. The molecule has 0 aliphatic carbocycles. The Labute approximate surface area is 172 Å². The first-order valence-corrected chi connectivity index (χ1v) is 9.69. The van der Waals surface area contributed by atoms with Gasteiger partial charge < -0.3 is 9.84 Å². The van der Waals surface area contributed by atoms with E-state index in [-0.39, 0.29) is 17.8 Å². The van der Waals surface area contributed by atoms with Crippen LogP contribution in [0.5, 0.6) is 0 Å². The van der Waals surface area contributed by atoms with Crippen molar-refractivity contribution in [3.05, 3.63) is 76.6 Å². The number of nitrogens with one attached hydrogen (secondary N) is 1. The van der Waals surface area contributed by atoms with E-state index in [9.17, 15) is 18.0 Å². The van der Waals surface area contributed by atoms with E-state index in [2.05, 4.69) is 15.6 Å². The highest BCUT2D eigenvalue weighted by Gasteiger charge is 2.33. The van der Waals surface area contributed by atoms with E-state index in [1.54, 1.807) is 13.0 Å². The van der Waals surface area contributed by atoms with Gasteiger partial charge in [0.05, 0.1) is 28.9 Å². The van der Waals surface area contributed by atoms with Crippen molar-refractivity contribution in [3.63, 3.8) is 0 Å². The number of thiophene rings is 1. The molecule has 0 atom stereocenters. The summed E-state index contributed by atoms with van der Waals surface area (Å²) in [6, 6.07) is 9.38. The van der Waals surface area contributed by atoms with Gasteiger partial charge in [0, 0.05) is 12.3 Å². The van der Waals surface area contributed by atoms with E-state index in [1.807, 2.05) is 17.5 Å². The number of alkyl halides is 3. The molecule has 30 heavy (non-hydrogen) atoms. The molecule has 6 nitrogen and oxygen atoms in total. The van der Waals surface area contributed by atoms with Gasteiger partial charge in [0.1, 0.15) is 0 Å². The minimum atomic E-state index is -4.46. The van der Waals surface area contributed by atoms with E-state index in [4.69, 9.17) is 4.52 Å². The number of aromatic nitrogens is 3. The van der Waals surface area contributed by atoms with Gasteiger partial charge in [0.15, 0.2) is 11.5 Å². The van der Waals surface area contributed by atoms with E-state index in [1.165, 1.54) is 40.5 Å². The standard InChI is InChI=1S/C20H15F3N4O2S/c1-12-4-5-13(15(7-12)20(21,22)23)10-27-11-14(9-24-27)25-19(28)16-8-17(29-26-16)18-3-2-6-30-18/h2-9,11H,10H2,1H3,(H,25,28). The quantitative estimate of drug-likeness (QED) is 0.469. The molecule has 10 heteroatoms. The molecule has 0 unspecified atom stereocenters. The van der Waals surface area contributed by atoms with Crippen molar-refractivity contribution in [2.45, 2.75) is 19.6 Å². The van der Waals surface area contributed by atoms with Gasteiger partial charge in [-0.3, -0.25) is 9.48 Å². The maximum absolute atomic E-state index is 13.3. The zero-order valence-electron chi connectivity index (χ0n) is 15.6. The van der Waals surface area contributed by atoms with Crippen molar-refractivity contribution in [1.29, 1.82) is 0 Å². The SMILES string of the molecule is Cc1ccc(Cn2cc(NC(=O)c3cc(-c4cccs4)on3)cn2)c(C(F)(F)F)c1. The van der Waals surface area contributed by atoms with Gasteiger partial charge in [0.25, 0.3) is 5.91 Å². The number of carbonyl (C=O) groups is 1. The highest BCUT2D eigenvalue weighted by atomic mass is 32.1. The van der Waals surface area contributed by atoms with Crippen molar-refractivity contribution >= 4 is 22.9 Å². The average molecular weight is 432 g/mol. The number of hydrogen-bond acceptors (Lipinski definition) is 5. The Morgan fingerprint density at radius 1 is 1.27 bits per heavy atom. The second kappa shape index (κ2) is 7.79. The fourth-order valence-electron chi connectivity index (χ4n) is 2.89. The molecule has 0 saturated carbocycles. The third-order valence-electron chi connectivity index (χ3n) is 4.30. The molecule has 3 heterocycles. The highest BCUT2D eigenvalue weighted by molar-refractivity contribution is 7.13. The fourth-order valence-corrected chi connectivity index (χ4v) is 3.57. The molecule has 0 aliphatic heterocycles. The Bertz CT molecular complexity index is 1180. The van der Waals surface area contributed by atoms with Crippen LogP contribution >= 0.6 is 11.3 Å². The molecule has 1 aromatic carbocycles. The Balaban J connectivity index is 1.47. The fraction of sp³-hybridized carbons (Fsp3) is 0.150. The van der Waals surface area contributed by atoms with Crippen LogP contribution in [-0.4, -0.2) is 20.8 Å². The molecule has 3 aromatic heterocycles. The number of nitrogens with zero attached hydrogens (tertiary/aromatic N) is 3. The van der Waals surface area contributed by atoms with E-state index in [0.717, 1.165) is 10.9 Å². The number of halogens is 3. The predicted octanol–water partition coefficient (Wildman–Crippen LogP) is 5.23. The Hall–Kier alpha value is -3.40. The van der Waals surface area contributed by atoms with Crippen molar-refractivity contribution < 1.29 is 22.5 Å². The summed E-state index contributed by atoms with van der Waals surface area (Å²) in [5, 5.41) is 12.3. The molecule has 0 fully saturated rings. The van der Waals surface area contributed by atoms with E-state index >= 15 is 0 Å². The van der Waals surface area contributed by atoms with Crippen molar-refractivity contribution in [2.75, 3.05) is 5.32 Å². The number of amides is 1. The average Bonchev–Trinajstić information content (AvgIpc) is 3.43. The molecule has 0 spiro atoms. The molecular formula is C20H15F3N4O2S. The molecule has 4 rings (SSSR count). The van der Waals surface area contributed by atoms with Crippen LogP contribution in [0.25, 0.3) is 10.6 Å². The molecule has 4 aromatic rings. The topological polar surface area (TPSA) is 73.0 Å². The van der Waals surface area contributed by atoms with E-state index < -0.39 is 17.6 Å². The summed E-state index contributed by atoms with van der Waals surface area (Å²) in [5.41, 5.74) is 0.331. The van der Waals surface area contributed by atoms with Crippen molar-refractivity contribution in [2.24, 2.45) is 0 Å². The molecule has 154 valence electrons. The summed E-state index contributed by atoms with van der Waals surface area (Å²) in [6.07, 6.45) is -1.64. The number of rotatable bonds is 5. The van der Waals surface area contributed by atoms with Gasteiger partial charge in [-0.15, -0.1) is 11.3 Å². The molecule has 0 saturated heterocycles. The van der Waals surface area contributed by atoms with Gasteiger partial charge in [0.2, 0.25) is 0 Å². The second-order valence-corrected chi connectivity index (χ2v) is 7.54. The minimum absolute atomic E-state index is 0.0858. The summed E-state index contributed by atoms with van der Waals surface area (Å²) in [6.45, 7) is 1.52. The van der Waals surface area contributed by atoms with Gasteiger partial charge in [-0.25, -0.2) is 0 Å². The number of benzene rings is 1. The third-order valence-corrected chi connectivity index (χ3v) is 5.19. The second-order valence-electron chi connectivity index (χ2n) is 6.59. The summed E-state index contributed by atoms with van der Waals surface area (Å²) in [5.74, 6) is -0.0303. The lowest BCUT2D eigenvalue weighted by Gasteiger charge is -2.13. The first kappa shape index (κ1) is 19.9. The highest BCUT2D eigenvalue weighted by Crippen LogP contribution is 2.33. The van der Waals surface area contributed by atoms with Crippen LogP contribution in [0.3, 0.4) is 0 Å². The zero-order chi connectivity index (χ0) is 21.3. The Morgan fingerprint density at radius 2 is 2.10 bits per heavy atom. The molecule has 0 radical (unpaired) electrons. The van der Waals surface area contributed by atoms with Gasteiger partial charge >= 0.3 is 6.18 Å². The van der Waals surface area contributed by atoms with Crippen LogP contribution in [0.4, 0.5) is 18.9 Å². The molecule has 0 bridgehead atoms. The zero-order valence-corrected chi connectivity index (χ0v) is 16.4. The summed E-state index contributed by atoms with van der Waals surface area (Å²) < 4.78 is 46.4. The lowest BCUT2D eigenvalue weighted by atomic mass is 10.0. The Kier molecular flexibility index (Phi) is 5.17. The van der Waals surface area contributed by atoms with Crippen LogP contribution in [0.2, 0.25) is 0 Å². The summed E-state index contributed by atoms with van der Waals surface area (Å²) in [7, 11) is 0. The van der Waals surface area contributed by atoms with Crippen molar-refractivity contribution in [1.82, 2.24) is 14.9 Å². The van der Waals surface area contributed by atoms with Crippen LogP contribution < -0.4 is 5.32 Å². The van der Waals surface area contributed by atoms with Crippen LogP contribution in [0.15, 0.2) is 58.7 Å². The van der Waals surface area contributed by atoms with Crippen LogP contribution in [-0.2, 0) is 12.7 Å². The molecule has 0 aliphatic rings. The number of carbonyl (C=O) groups excluding carboxylic acids is 1. The smallest absolute Gasteiger partial charge is 0.355 e. The summed E-state index contributed by atoms with van der Waals surface area (Å²) >= 11 is 1.45. The molecular weight excluding hydrogens is 417 g/mol. The maximum Gasteiger partial charge on any atom is 0.416 e. The van der Waals surface area contributed by atoms with Crippen LogP contribution in [0, 0.1) is 6.92 Å². The van der Waals surface area contributed by atoms with E-state index in [0.29, 0.717) is 17.0 Å². The lowest BCUT2D eigenvalue weighted by molar-refractivity contribution is -0.138. The number of hydrogen-bond donors (Lipinski definition) is 1. The monoisotopic (exact) mass is 432 g/mol.